The van der Waals surface area contributed by atoms with Gasteiger partial charge < -0.3 is 5.32 Å². The van der Waals surface area contributed by atoms with Gasteiger partial charge in [-0.1, -0.05) is 31.7 Å². The molecule has 2 nitrogen and oxygen atoms in total. The van der Waals surface area contributed by atoms with E-state index in [-0.39, 0.29) is 0 Å². The Kier molecular flexibility index (Phi) is 5.60. The molecule has 0 saturated heterocycles. The number of nitrogens with zero attached hydrogens (tertiary/aromatic N) is 1. The lowest BCUT2D eigenvalue weighted by molar-refractivity contribution is 0.491. The maximum Gasteiger partial charge on any atom is 0.102 e. The molecule has 102 valence electrons. The van der Waals surface area contributed by atoms with Gasteiger partial charge in [-0.2, -0.15) is 5.26 Å². The van der Waals surface area contributed by atoms with Crippen LogP contribution in [0.1, 0.15) is 44.1 Å². The molecule has 1 fully saturated rings. The van der Waals surface area contributed by atoms with Crippen LogP contribution in [0.2, 0.25) is 0 Å². The van der Waals surface area contributed by atoms with Crippen LogP contribution in [0.25, 0.3) is 0 Å². The van der Waals surface area contributed by atoms with Crippen LogP contribution in [0.5, 0.6) is 0 Å². The van der Waals surface area contributed by atoms with Crippen LogP contribution < -0.4 is 5.32 Å². The monoisotopic (exact) mass is 274 g/mol. The molecule has 2 rings (SSSR count). The van der Waals surface area contributed by atoms with Crippen LogP contribution in [0.15, 0.2) is 23.1 Å². The fraction of sp³-hybridized carbons (Fsp3) is 0.562. The molecule has 0 unspecified atom stereocenters. The van der Waals surface area contributed by atoms with E-state index in [2.05, 4.69) is 11.4 Å². The smallest absolute Gasteiger partial charge is 0.102 e. The number of rotatable bonds is 6. The highest BCUT2D eigenvalue weighted by atomic mass is 32.2. The normalized spacial score (nSPS) is 15.4. The molecule has 1 aromatic carbocycles. The Hall–Kier alpha value is -1.14. The third kappa shape index (κ3) is 3.91. The molecular formula is C16H22N2S. The molecule has 0 heterocycles. The summed E-state index contributed by atoms with van der Waals surface area (Å²) < 4.78 is 0. The topological polar surface area (TPSA) is 35.8 Å². The minimum Gasteiger partial charge on any atom is -0.384 e. The van der Waals surface area contributed by atoms with Crippen LogP contribution in [-0.2, 0) is 0 Å². The van der Waals surface area contributed by atoms with Crippen LogP contribution in [0, 0.1) is 17.2 Å². The molecule has 0 spiro atoms. The number of benzene rings is 1. The average molecular weight is 274 g/mol. The second-order valence-electron chi connectivity index (χ2n) is 5.21. The summed E-state index contributed by atoms with van der Waals surface area (Å²) in [7, 11) is 0. The van der Waals surface area contributed by atoms with E-state index in [0.29, 0.717) is 0 Å². The Labute approximate surface area is 120 Å². The van der Waals surface area contributed by atoms with Crippen molar-refractivity contribution < 1.29 is 0 Å². The molecular weight excluding hydrogens is 252 g/mol. The van der Waals surface area contributed by atoms with E-state index in [1.165, 1.54) is 38.5 Å². The highest BCUT2D eigenvalue weighted by Crippen LogP contribution is 2.29. The predicted octanol–water partition coefficient (Wildman–Crippen LogP) is 4.66. The first kappa shape index (κ1) is 14.3. The van der Waals surface area contributed by atoms with Crippen molar-refractivity contribution in [3.05, 3.63) is 23.8 Å². The number of nitrogens with one attached hydrogen (secondary N) is 1. The lowest BCUT2D eigenvalue weighted by Crippen LogP contribution is -2.05. The standard InChI is InChI=1S/C16H22N2S/c1-19-16-10-4-9-15(14(16)12-17)18-11-5-8-13-6-2-3-7-13/h4,9-10,13,18H,2-3,5-8,11H2,1H3. The summed E-state index contributed by atoms with van der Waals surface area (Å²) in [4.78, 5) is 1.06. The molecule has 0 atom stereocenters. The zero-order chi connectivity index (χ0) is 13.5. The first-order chi connectivity index (χ1) is 9.35. The van der Waals surface area contributed by atoms with E-state index in [1.54, 1.807) is 11.8 Å². The van der Waals surface area contributed by atoms with Gasteiger partial charge in [0.15, 0.2) is 0 Å². The second kappa shape index (κ2) is 7.45. The molecule has 0 aliphatic heterocycles. The van der Waals surface area contributed by atoms with Crippen molar-refractivity contribution in [3.8, 4) is 6.07 Å². The molecule has 1 aliphatic carbocycles. The average Bonchev–Trinajstić information content (AvgIpc) is 2.96. The fourth-order valence-corrected chi connectivity index (χ4v) is 3.45. The van der Waals surface area contributed by atoms with Crippen molar-refractivity contribution in [1.82, 2.24) is 0 Å². The van der Waals surface area contributed by atoms with Gasteiger partial charge in [-0.15, -0.1) is 11.8 Å². The van der Waals surface area contributed by atoms with E-state index in [1.807, 2.05) is 24.5 Å². The highest BCUT2D eigenvalue weighted by Gasteiger charge is 2.14. The van der Waals surface area contributed by atoms with Gasteiger partial charge in [0.2, 0.25) is 0 Å². The Bertz CT molecular complexity index is 445. The molecule has 19 heavy (non-hydrogen) atoms. The van der Waals surface area contributed by atoms with Gasteiger partial charge in [0, 0.05) is 11.4 Å². The molecule has 0 radical (unpaired) electrons. The largest absolute Gasteiger partial charge is 0.384 e. The lowest BCUT2D eigenvalue weighted by Gasteiger charge is -2.12. The van der Waals surface area contributed by atoms with Gasteiger partial charge in [0.25, 0.3) is 0 Å². The zero-order valence-corrected chi connectivity index (χ0v) is 12.4. The van der Waals surface area contributed by atoms with Crippen molar-refractivity contribution in [2.75, 3.05) is 18.1 Å². The maximum atomic E-state index is 9.26. The van der Waals surface area contributed by atoms with Crippen LogP contribution in [0.3, 0.4) is 0 Å². The van der Waals surface area contributed by atoms with Gasteiger partial charge in [-0.05, 0) is 37.1 Å². The van der Waals surface area contributed by atoms with Crippen LogP contribution >= 0.6 is 11.8 Å². The first-order valence-corrected chi connectivity index (χ1v) is 8.38. The van der Waals surface area contributed by atoms with Crippen LogP contribution in [-0.4, -0.2) is 12.8 Å². The maximum absolute atomic E-state index is 9.26. The van der Waals surface area contributed by atoms with Crippen molar-refractivity contribution >= 4 is 17.4 Å². The fourth-order valence-electron chi connectivity index (χ4n) is 2.88. The molecule has 0 aromatic heterocycles. The quantitative estimate of drug-likeness (QED) is 0.605. The SMILES string of the molecule is CSc1cccc(NCCCC2CCCC2)c1C#N. The summed E-state index contributed by atoms with van der Waals surface area (Å²) in [6, 6.07) is 8.35. The Balaban J connectivity index is 1.83. The van der Waals surface area contributed by atoms with Crippen molar-refractivity contribution in [2.24, 2.45) is 5.92 Å². The van der Waals surface area contributed by atoms with E-state index < -0.39 is 0 Å². The summed E-state index contributed by atoms with van der Waals surface area (Å²) in [5.41, 5.74) is 1.77. The van der Waals surface area contributed by atoms with Crippen LogP contribution in [0.4, 0.5) is 5.69 Å². The van der Waals surface area contributed by atoms with E-state index >= 15 is 0 Å². The number of nitriles is 1. The van der Waals surface area contributed by atoms with Gasteiger partial charge >= 0.3 is 0 Å². The van der Waals surface area contributed by atoms with E-state index in [4.69, 9.17) is 0 Å². The number of hydrogen-bond acceptors (Lipinski definition) is 3. The Morgan fingerprint density at radius 1 is 1.37 bits per heavy atom. The molecule has 3 heteroatoms. The minimum absolute atomic E-state index is 0.788. The second-order valence-corrected chi connectivity index (χ2v) is 6.06. The molecule has 0 bridgehead atoms. The van der Waals surface area contributed by atoms with Crippen molar-refractivity contribution in [1.29, 1.82) is 5.26 Å². The zero-order valence-electron chi connectivity index (χ0n) is 11.6. The molecule has 1 N–H and O–H groups in total. The lowest BCUT2D eigenvalue weighted by atomic mass is 10.0. The summed E-state index contributed by atoms with van der Waals surface area (Å²) in [5, 5.41) is 12.7. The summed E-state index contributed by atoms with van der Waals surface area (Å²) in [6.45, 7) is 0.975. The first-order valence-electron chi connectivity index (χ1n) is 7.16. The predicted molar refractivity (Wildman–Crippen MR) is 82.6 cm³/mol. The number of thioether (sulfide) groups is 1. The van der Waals surface area contributed by atoms with E-state index in [9.17, 15) is 5.26 Å². The molecule has 1 aromatic rings. The van der Waals surface area contributed by atoms with Crippen molar-refractivity contribution in [2.45, 2.75) is 43.4 Å². The third-order valence-corrected chi connectivity index (χ3v) is 4.72. The minimum atomic E-state index is 0.788. The van der Waals surface area contributed by atoms with Gasteiger partial charge in [0.05, 0.1) is 11.3 Å². The number of hydrogen-bond donors (Lipinski definition) is 1. The van der Waals surface area contributed by atoms with Gasteiger partial charge in [-0.3, -0.25) is 0 Å². The number of anilines is 1. The van der Waals surface area contributed by atoms with Gasteiger partial charge in [-0.25, -0.2) is 0 Å². The summed E-state index contributed by atoms with van der Waals surface area (Å²) in [6.07, 6.45) is 10.2. The molecule has 1 saturated carbocycles. The van der Waals surface area contributed by atoms with Crippen molar-refractivity contribution in [3.63, 3.8) is 0 Å². The van der Waals surface area contributed by atoms with Gasteiger partial charge in [0.1, 0.15) is 6.07 Å². The molecule has 0 amide bonds. The Morgan fingerprint density at radius 2 is 2.16 bits per heavy atom. The molecule has 1 aliphatic rings. The summed E-state index contributed by atoms with van der Waals surface area (Å²) in [5.74, 6) is 0.953. The Morgan fingerprint density at radius 3 is 2.84 bits per heavy atom. The summed E-state index contributed by atoms with van der Waals surface area (Å²) >= 11 is 1.63. The highest BCUT2D eigenvalue weighted by molar-refractivity contribution is 7.98. The third-order valence-electron chi connectivity index (χ3n) is 3.94. The van der Waals surface area contributed by atoms with E-state index in [0.717, 1.165) is 28.6 Å².